The Morgan fingerprint density at radius 3 is 2.68 bits per heavy atom. The number of nitrogens with one attached hydrogen (secondary N) is 2. The molecule has 0 aliphatic carbocycles. The van der Waals surface area contributed by atoms with Crippen molar-refractivity contribution in [1.29, 1.82) is 0 Å². The first-order valence-corrected chi connectivity index (χ1v) is 8.53. The number of hydrogen-bond donors (Lipinski definition) is 2. The zero-order valence-corrected chi connectivity index (χ0v) is 13.4. The highest BCUT2D eigenvalue weighted by Gasteiger charge is 2.18. The average Bonchev–Trinajstić information content (AvgIpc) is 2.68. The van der Waals surface area contributed by atoms with Crippen molar-refractivity contribution in [1.82, 2.24) is 14.6 Å². The number of hydrogen-bond acceptors (Lipinski definition) is 5. The normalized spacial score (nSPS) is 12.3. The molecule has 0 aliphatic rings. The molecule has 19 heavy (non-hydrogen) atoms. The van der Waals surface area contributed by atoms with E-state index in [4.69, 9.17) is 0 Å². The van der Waals surface area contributed by atoms with Crippen LogP contribution in [0.2, 0.25) is 0 Å². The van der Waals surface area contributed by atoms with Crippen molar-refractivity contribution >= 4 is 26.7 Å². The minimum absolute atomic E-state index is 0.407. The molecule has 0 aromatic carbocycles. The third kappa shape index (κ3) is 5.85. The van der Waals surface area contributed by atoms with E-state index in [-0.39, 0.29) is 0 Å². The topological polar surface area (TPSA) is 74.3 Å². The molecule has 0 spiro atoms. The third-order valence-electron chi connectivity index (χ3n) is 2.45. The summed E-state index contributed by atoms with van der Waals surface area (Å²) < 4.78 is 27.8. The van der Waals surface area contributed by atoms with E-state index in [0.717, 1.165) is 18.7 Å². The van der Waals surface area contributed by atoms with Crippen molar-refractivity contribution in [3.63, 3.8) is 0 Å². The number of aryl methyl sites for hydroxylation is 1. The first kappa shape index (κ1) is 16.4. The maximum absolute atomic E-state index is 12.0. The fraction of sp³-hybridized carbons (Fsp3) is 0.727. The smallest absolute Gasteiger partial charge is 0.303 e. The van der Waals surface area contributed by atoms with E-state index in [2.05, 4.69) is 28.9 Å². The molecule has 0 bridgehead atoms. The Labute approximate surface area is 119 Å². The van der Waals surface area contributed by atoms with E-state index in [1.165, 1.54) is 15.6 Å². The molecule has 6 nitrogen and oxygen atoms in total. The molecule has 0 atom stereocenters. The predicted molar refractivity (Wildman–Crippen MR) is 79.8 cm³/mol. The predicted octanol–water partition coefficient (Wildman–Crippen LogP) is 1.43. The van der Waals surface area contributed by atoms with Crippen LogP contribution < -0.4 is 10.0 Å². The lowest BCUT2D eigenvalue weighted by molar-refractivity contribution is 0.451. The third-order valence-corrected chi connectivity index (χ3v) is 4.91. The lowest BCUT2D eigenvalue weighted by atomic mass is 10.3. The Morgan fingerprint density at radius 2 is 2.16 bits per heavy atom. The van der Waals surface area contributed by atoms with Crippen LogP contribution in [0.25, 0.3) is 0 Å². The van der Waals surface area contributed by atoms with Gasteiger partial charge in [-0.05, 0) is 19.9 Å². The lowest BCUT2D eigenvalue weighted by Crippen LogP contribution is -2.35. The molecule has 2 N–H and O–H groups in total. The molecule has 0 aliphatic heterocycles. The fourth-order valence-corrected chi connectivity index (χ4v) is 3.23. The highest BCUT2D eigenvalue weighted by molar-refractivity contribution is 7.90. The average molecular weight is 306 g/mol. The molecule has 1 aromatic rings. The van der Waals surface area contributed by atoms with Crippen molar-refractivity contribution in [3.8, 4) is 0 Å². The summed E-state index contributed by atoms with van der Waals surface area (Å²) >= 11 is 1.29. The Kier molecular flexibility index (Phi) is 6.18. The molecule has 8 heteroatoms. The van der Waals surface area contributed by atoms with Crippen LogP contribution in [-0.2, 0) is 10.2 Å². The Balaban J connectivity index is 2.43. The van der Waals surface area contributed by atoms with Crippen molar-refractivity contribution in [3.05, 3.63) is 11.1 Å². The number of rotatable bonds is 8. The van der Waals surface area contributed by atoms with Crippen molar-refractivity contribution < 1.29 is 8.42 Å². The minimum atomic E-state index is -3.50. The molecule has 0 radical (unpaired) electrons. The second-order valence-electron chi connectivity index (χ2n) is 4.69. The molecule has 0 saturated carbocycles. The van der Waals surface area contributed by atoms with Gasteiger partial charge in [0.05, 0.1) is 5.69 Å². The van der Waals surface area contributed by atoms with Gasteiger partial charge >= 0.3 is 10.2 Å². The van der Waals surface area contributed by atoms with Crippen LogP contribution >= 0.6 is 11.3 Å². The molecule has 0 amide bonds. The monoisotopic (exact) mass is 306 g/mol. The fourth-order valence-electron chi connectivity index (χ4n) is 1.40. The lowest BCUT2D eigenvalue weighted by Gasteiger charge is -2.17. The van der Waals surface area contributed by atoms with Gasteiger partial charge in [-0.25, -0.2) is 9.71 Å². The van der Waals surface area contributed by atoms with Crippen LogP contribution in [0.1, 0.15) is 26.0 Å². The first-order chi connectivity index (χ1) is 8.81. The highest BCUT2D eigenvalue weighted by atomic mass is 32.2. The summed E-state index contributed by atoms with van der Waals surface area (Å²) in [6.07, 6.45) is 0.770. The largest absolute Gasteiger partial charge is 0.314 e. The van der Waals surface area contributed by atoms with Gasteiger partial charge < -0.3 is 5.32 Å². The van der Waals surface area contributed by atoms with E-state index in [0.29, 0.717) is 17.7 Å². The molecule has 0 saturated heterocycles. The van der Waals surface area contributed by atoms with Gasteiger partial charge in [0.2, 0.25) is 0 Å². The summed E-state index contributed by atoms with van der Waals surface area (Å²) in [6, 6.07) is 0.415. The molecule has 1 aromatic heterocycles. The Hall–Kier alpha value is -0.700. The summed E-state index contributed by atoms with van der Waals surface area (Å²) in [5.74, 6) is 0. The van der Waals surface area contributed by atoms with E-state index in [1.807, 2.05) is 12.3 Å². The van der Waals surface area contributed by atoms with Crippen molar-refractivity contribution in [2.45, 2.75) is 33.2 Å². The van der Waals surface area contributed by atoms with Crippen LogP contribution in [0.4, 0.5) is 5.13 Å². The van der Waals surface area contributed by atoms with Gasteiger partial charge in [0.1, 0.15) is 0 Å². The molecule has 0 unspecified atom stereocenters. The van der Waals surface area contributed by atoms with Crippen LogP contribution in [0, 0.1) is 6.92 Å². The quantitative estimate of drug-likeness (QED) is 0.713. The van der Waals surface area contributed by atoms with Crippen LogP contribution in [-0.4, -0.2) is 43.9 Å². The molecule has 0 fully saturated rings. The van der Waals surface area contributed by atoms with E-state index >= 15 is 0 Å². The second kappa shape index (κ2) is 7.18. The van der Waals surface area contributed by atoms with Gasteiger partial charge in [-0.15, -0.1) is 11.3 Å². The SMILES string of the molecule is Cc1csc(NS(=O)(=O)N(C)CCCNC(C)C)n1. The van der Waals surface area contributed by atoms with Gasteiger partial charge in [0.15, 0.2) is 5.13 Å². The molecular weight excluding hydrogens is 284 g/mol. The molecule has 1 rings (SSSR count). The summed E-state index contributed by atoms with van der Waals surface area (Å²) in [6.45, 7) is 7.22. The maximum Gasteiger partial charge on any atom is 0.303 e. The van der Waals surface area contributed by atoms with Crippen LogP contribution in [0.5, 0.6) is 0 Å². The second-order valence-corrected chi connectivity index (χ2v) is 7.32. The summed E-state index contributed by atoms with van der Waals surface area (Å²) in [5, 5.41) is 5.47. The number of thiazole rings is 1. The summed E-state index contributed by atoms with van der Waals surface area (Å²) in [4.78, 5) is 4.09. The zero-order valence-electron chi connectivity index (χ0n) is 11.8. The van der Waals surface area contributed by atoms with Gasteiger partial charge in [0, 0.05) is 25.0 Å². The first-order valence-electron chi connectivity index (χ1n) is 6.21. The number of aromatic nitrogens is 1. The molecular formula is C11H22N4O2S2. The minimum Gasteiger partial charge on any atom is -0.314 e. The van der Waals surface area contributed by atoms with Crippen molar-refractivity contribution in [2.24, 2.45) is 0 Å². The van der Waals surface area contributed by atoms with E-state index in [9.17, 15) is 8.42 Å². The summed E-state index contributed by atoms with van der Waals surface area (Å²) in [7, 11) is -1.93. The van der Waals surface area contributed by atoms with Gasteiger partial charge in [0.25, 0.3) is 0 Å². The van der Waals surface area contributed by atoms with Crippen LogP contribution in [0.3, 0.4) is 0 Å². The van der Waals surface area contributed by atoms with Crippen LogP contribution in [0.15, 0.2) is 5.38 Å². The Morgan fingerprint density at radius 1 is 1.47 bits per heavy atom. The van der Waals surface area contributed by atoms with Gasteiger partial charge in [-0.3, -0.25) is 0 Å². The Bertz CT molecular complexity index is 485. The molecule has 110 valence electrons. The van der Waals surface area contributed by atoms with E-state index < -0.39 is 10.2 Å². The van der Waals surface area contributed by atoms with Gasteiger partial charge in [-0.1, -0.05) is 13.8 Å². The number of anilines is 1. The molecule has 1 heterocycles. The zero-order chi connectivity index (χ0) is 14.5. The van der Waals surface area contributed by atoms with E-state index in [1.54, 1.807) is 7.05 Å². The van der Waals surface area contributed by atoms with Crippen molar-refractivity contribution in [2.75, 3.05) is 24.9 Å². The highest BCUT2D eigenvalue weighted by Crippen LogP contribution is 2.16. The standard InChI is InChI=1S/C11H22N4O2S2/c1-9(2)12-6-5-7-15(4)19(16,17)14-11-13-10(3)8-18-11/h8-9,12H,5-7H2,1-4H3,(H,13,14). The van der Waals surface area contributed by atoms with Gasteiger partial charge in [-0.2, -0.15) is 12.7 Å². The number of nitrogens with zero attached hydrogens (tertiary/aromatic N) is 2. The maximum atomic E-state index is 12.0. The summed E-state index contributed by atoms with van der Waals surface area (Å²) in [5.41, 5.74) is 0.812.